The summed E-state index contributed by atoms with van der Waals surface area (Å²) in [6, 6.07) is 5.88. The first-order valence-electron chi connectivity index (χ1n) is 5.30. The van der Waals surface area contributed by atoms with Crippen LogP contribution in [-0.4, -0.2) is 18.2 Å². The average Bonchev–Trinajstić information content (AvgIpc) is 2.28. The highest BCUT2D eigenvalue weighted by Crippen LogP contribution is 2.24. The van der Waals surface area contributed by atoms with Crippen LogP contribution in [0.4, 0.5) is 5.69 Å². The molecule has 0 aliphatic heterocycles. The van der Waals surface area contributed by atoms with Gasteiger partial charge in [-0.1, -0.05) is 28.8 Å². The molecule has 1 rings (SSSR count). The third kappa shape index (κ3) is 3.26. The fourth-order valence-corrected chi connectivity index (χ4v) is 2.06. The van der Waals surface area contributed by atoms with Crippen molar-refractivity contribution in [3.8, 4) is 12.3 Å². The highest BCUT2D eigenvalue weighted by molar-refractivity contribution is 9.10. The summed E-state index contributed by atoms with van der Waals surface area (Å²) in [5, 5.41) is 9.33. The smallest absolute Gasteiger partial charge is 0.0791 e. The summed E-state index contributed by atoms with van der Waals surface area (Å²) in [4.78, 5) is 2.11. The second-order valence-corrected chi connectivity index (χ2v) is 4.47. The van der Waals surface area contributed by atoms with Crippen LogP contribution in [0.25, 0.3) is 0 Å². The van der Waals surface area contributed by atoms with Crippen LogP contribution in [0.2, 0.25) is 0 Å². The van der Waals surface area contributed by atoms with E-state index in [1.807, 2.05) is 18.2 Å². The molecule has 0 spiro atoms. The number of aliphatic hydroxyl groups excluding tert-OH is 1. The topological polar surface area (TPSA) is 23.5 Å². The summed E-state index contributed by atoms with van der Waals surface area (Å²) in [5.74, 6) is 2.65. The van der Waals surface area contributed by atoms with Gasteiger partial charge in [-0.2, -0.15) is 0 Å². The Kier molecular flexibility index (Phi) is 5.37. The van der Waals surface area contributed by atoms with E-state index in [2.05, 4.69) is 33.7 Å². The minimum absolute atomic E-state index is 0.0273. The number of benzene rings is 1. The number of hydrogen-bond acceptors (Lipinski definition) is 2. The molecule has 1 aromatic rings. The molecule has 0 fully saturated rings. The number of rotatable bonds is 5. The van der Waals surface area contributed by atoms with Gasteiger partial charge in [0.25, 0.3) is 0 Å². The standard InChI is InChI=1S/C13H16BrNO/c1-3-7-15(8-4-2)13-6-5-12(14)9-11(13)10-16/h1,5-6,9,16H,4,7-8,10H2,2H3. The number of nitrogens with zero attached hydrogens (tertiary/aromatic N) is 1. The maximum atomic E-state index is 9.33. The van der Waals surface area contributed by atoms with Crippen LogP contribution in [-0.2, 0) is 6.61 Å². The van der Waals surface area contributed by atoms with Gasteiger partial charge in [-0.3, -0.25) is 0 Å². The Morgan fingerprint density at radius 3 is 2.81 bits per heavy atom. The molecule has 0 amide bonds. The van der Waals surface area contributed by atoms with Gasteiger partial charge in [0.1, 0.15) is 0 Å². The molecule has 0 aromatic heterocycles. The van der Waals surface area contributed by atoms with E-state index in [1.54, 1.807) is 0 Å². The van der Waals surface area contributed by atoms with Gasteiger partial charge in [0.05, 0.1) is 13.2 Å². The minimum atomic E-state index is 0.0273. The van der Waals surface area contributed by atoms with Crippen LogP contribution in [0.5, 0.6) is 0 Å². The van der Waals surface area contributed by atoms with Crippen molar-refractivity contribution in [2.75, 3.05) is 18.0 Å². The van der Waals surface area contributed by atoms with Crippen LogP contribution in [0.3, 0.4) is 0 Å². The molecule has 0 atom stereocenters. The first-order chi connectivity index (χ1) is 7.72. The van der Waals surface area contributed by atoms with Crippen LogP contribution >= 0.6 is 15.9 Å². The molecule has 0 bridgehead atoms. The quantitative estimate of drug-likeness (QED) is 0.839. The molecule has 1 aromatic carbocycles. The highest BCUT2D eigenvalue weighted by Gasteiger charge is 2.09. The lowest BCUT2D eigenvalue weighted by Gasteiger charge is -2.24. The van der Waals surface area contributed by atoms with Crippen molar-refractivity contribution in [2.24, 2.45) is 0 Å². The van der Waals surface area contributed by atoms with E-state index in [9.17, 15) is 5.11 Å². The normalized spacial score (nSPS) is 9.88. The third-order valence-corrected chi connectivity index (χ3v) is 2.82. The van der Waals surface area contributed by atoms with Gasteiger partial charge in [-0.15, -0.1) is 6.42 Å². The molecule has 0 aliphatic carbocycles. The molecule has 0 saturated heterocycles. The number of anilines is 1. The zero-order valence-corrected chi connectivity index (χ0v) is 11.0. The minimum Gasteiger partial charge on any atom is -0.392 e. The maximum absolute atomic E-state index is 9.33. The Bertz CT molecular complexity index is 384. The summed E-state index contributed by atoms with van der Waals surface area (Å²) in [7, 11) is 0. The SMILES string of the molecule is C#CCN(CCC)c1ccc(Br)cc1CO. The molecular formula is C13H16BrNO. The van der Waals surface area contributed by atoms with Crippen LogP contribution < -0.4 is 4.90 Å². The van der Waals surface area contributed by atoms with Crippen molar-refractivity contribution >= 4 is 21.6 Å². The number of halogens is 1. The van der Waals surface area contributed by atoms with E-state index in [-0.39, 0.29) is 6.61 Å². The Balaban J connectivity index is 3.03. The predicted octanol–water partition coefficient (Wildman–Crippen LogP) is 2.79. The van der Waals surface area contributed by atoms with Crippen molar-refractivity contribution in [3.63, 3.8) is 0 Å². The molecule has 16 heavy (non-hydrogen) atoms. The molecule has 0 radical (unpaired) electrons. The van der Waals surface area contributed by atoms with Crippen LogP contribution in [0.15, 0.2) is 22.7 Å². The van der Waals surface area contributed by atoms with E-state index in [1.165, 1.54) is 0 Å². The van der Waals surface area contributed by atoms with Crippen molar-refractivity contribution < 1.29 is 5.11 Å². The lowest BCUT2D eigenvalue weighted by Crippen LogP contribution is -2.25. The van der Waals surface area contributed by atoms with Gasteiger partial charge in [-0.05, 0) is 24.6 Å². The lowest BCUT2D eigenvalue weighted by atomic mass is 10.1. The Morgan fingerprint density at radius 1 is 1.50 bits per heavy atom. The molecule has 86 valence electrons. The summed E-state index contributed by atoms with van der Waals surface area (Å²) in [6.07, 6.45) is 6.39. The van der Waals surface area contributed by atoms with E-state index >= 15 is 0 Å². The largest absolute Gasteiger partial charge is 0.392 e. The number of aliphatic hydroxyl groups is 1. The molecular weight excluding hydrogens is 266 g/mol. The predicted molar refractivity (Wildman–Crippen MR) is 71.4 cm³/mol. The molecule has 0 heterocycles. The molecule has 2 nitrogen and oxygen atoms in total. The second-order valence-electron chi connectivity index (χ2n) is 3.56. The number of hydrogen-bond donors (Lipinski definition) is 1. The fourth-order valence-electron chi connectivity index (χ4n) is 1.65. The first-order valence-corrected chi connectivity index (χ1v) is 6.10. The number of terminal acetylenes is 1. The third-order valence-electron chi connectivity index (χ3n) is 2.33. The summed E-state index contributed by atoms with van der Waals surface area (Å²) in [5.41, 5.74) is 1.92. The maximum Gasteiger partial charge on any atom is 0.0791 e. The molecule has 0 saturated carbocycles. The van der Waals surface area contributed by atoms with Crippen molar-refractivity contribution in [3.05, 3.63) is 28.2 Å². The van der Waals surface area contributed by atoms with Gasteiger partial charge < -0.3 is 10.0 Å². The van der Waals surface area contributed by atoms with Gasteiger partial charge in [0, 0.05) is 22.3 Å². The van der Waals surface area contributed by atoms with Crippen LogP contribution in [0, 0.1) is 12.3 Å². The van der Waals surface area contributed by atoms with Crippen molar-refractivity contribution in [1.29, 1.82) is 0 Å². The molecule has 1 N–H and O–H groups in total. The Hall–Kier alpha value is -0.980. The molecule has 3 heteroatoms. The first kappa shape index (κ1) is 13.1. The fraction of sp³-hybridized carbons (Fsp3) is 0.385. The summed E-state index contributed by atoms with van der Waals surface area (Å²) < 4.78 is 0.970. The van der Waals surface area contributed by atoms with Gasteiger partial charge in [0.15, 0.2) is 0 Å². The molecule has 0 aliphatic rings. The van der Waals surface area contributed by atoms with Gasteiger partial charge in [0.2, 0.25) is 0 Å². The average molecular weight is 282 g/mol. The van der Waals surface area contributed by atoms with Crippen LogP contribution in [0.1, 0.15) is 18.9 Å². The van der Waals surface area contributed by atoms with Crippen molar-refractivity contribution in [1.82, 2.24) is 0 Å². The van der Waals surface area contributed by atoms with E-state index in [0.717, 1.165) is 28.7 Å². The van der Waals surface area contributed by atoms with E-state index in [0.29, 0.717) is 6.54 Å². The van der Waals surface area contributed by atoms with Gasteiger partial charge >= 0.3 is 0 Å². The van der Waals surface area contributed by atoms with Gasteiger partial charge in [-0.25, -0.2) is 0 Å². The zero-order chi connectivity index (χ0) is 12.0. The Morgan fingerprint density at radius 2 is 2.25 bits per heavy atom. The molecule has 0 unspecified atom stereocenters. The summed E-state index contributed by atoms with van der Waals surface area (Å²) in [6.45, 7) is 3.61. The zero-order valence-electron chi connectivity index (χ0n) is 9.41. The monoisotopic (exact) mass is 281 g/mol. The Labute approximate surface area is 105 Å². The lowest BCUT2D eigenvalue weighted by molar-refractivity contribution is 0.282. The highest BCUT2D eigenvalue weighted by atomic mass is 79.9. The summed E-state index contributed by atoms with van der Waals surface area (Å²) >= 11 is 3.39. The van der Waals surface area contributed by atoms with E-state index < -0.39 is 0 Å². The van der Waals surface area contributed by atoms with Crippen molar-refractivity contribution in [2.45, 2.75) is 20.0 Å². The second kappa shape index (κ2) is 6.57. The van der Waals surface area contributed by atoms with E-state index in [4.69, 9.17) is 6.42 Å².